The number of amides is 2. The summed E-state index contributed by atoms with van der Waals surface area (Å²) in [5, 5.41) is 3.80. The van der Waals surface area contributed by atoms with Crippen LogP contribution >= 0.6 is 39.1 Å². The number of nitrogens with one attached hydrogen (secondary N) is 1. The lowest BCUT2D eigenvalue weighted by Crippen LogP contribution is -2.54. The van der Waals surface area contributed by atoms with Crippen molar-refractivity contribution in [2.75, 3.05) is 6.61 Å². The molecule has 33 heavy (non-hydrogen) atoms. The molecule has 0 heterocycles. The Morgan fingerprint density at radius 1 is 1.06 bits per heavy atom. The third-order valence-electron chi connectivity index (χ3n) is 4.98. The molecule has 2 aromatic rings. The van der Waals surface area contributed by atoms with Crippen LogP contribution in [0.25, 0.3) is 0 Å². The highest BCUT2D eigenvalue weighted by Crippen LogP contribution is 2.27. The van der Waals surface area contributed by atoms with E-state index < -0.39 is 11.6 Å². The molecule has 1 atom stereocenters. The van der Waals surface area contributed by atoms with Crippen LogP contribution in [0.2, 0.25) is 10.0 Å². The van der Waals surface area contributed by atoms with Gasteiger partial charge >= 0.3 is 0 Å². The molecule has 0 aliphatic carbocycles. The van der Waals surface area contributed by atoms with Crippen LogP contribution in [0.15, 0.2) is 40.9 Å². The summed E-state index contributed by atoms with van der Waals surface area (Å²) in [6, 6.07) is 10.3. The number of hydrogen-bond donors (Lipinski definition) is 1. The largest absolute Gasteiger partial charge is 0.483 e. The number of nitrogens with zero attached hydrogens (tertiary/aromatic N) is 1. The van der Waals surface area contributed by atoms with E-state index in [4.69, 9.17) is 27.9 Å². The van der Waals surface area contributed by atoms with Crippen molar-refractivity contribution in [2.24, 2.45) is 0 Å². The summed E-state index contributed by atoms with van der Waals surface area (Å²) in [6.45, 7) is 9.66. The van der Waals surface area contributed by atoms with Crippen LogP contribution < -0.4 is 10.1 Å². The van der Waals surface area contributed by atoms with E-state index in [9.17, 15) is 9.59 Å². The van der Waals surface area contributed by atoms with Gasteiger partial charge < -0.3 is 15.0 Å². The van der Waals surface area contributed by atoms with Crippen LogP contribution in [0.3, 0.4) is 0 Å². The second kappa shape index (κ2) is 12.1. The van der Waals surface area contributed by atoms with E-state index in [2.05, 4.69) is 28.2 Å². The van der Waals surface area contributed by atoms with Crippen LogP contribution in [0, 0.1) is 0 Å². The molecular weight excluding hydrogens is 527 g/mol. The Labute approximate surface area is 214 Å². The predicted octanol–water partition coefficient (Wildman–Crippen LogP) is 6.42. The first-order valence-electron chi connectivity index (χ1n) is 10.9. The maximum Gasteiger partial charge on any atom is 0.261 e. The first kappa shape index (κ1) is 27.5. The van der Waals surface area contributed by atoms with Gasteiger partial charge in [0.15, 0.2) is 6.61 Å². The SMILES string of the molecule is CCc1ccc(OCC(=O)N(Cc2ccc(Cl)c(Cl)c2)[C@H](CC)C(=O)NC(C)(C)C)c(Br)c1. The van der Waals surface area contributed by atoms with E-state index in [0.717, 1.165) is 22.0 Å². The lowest BCUT2D eigenvalue weighted by Gasteiger charge is -2.33. The summed E-state index contributed by atoms with van der Waals surface area (Å²) < 4.78 is 6.60. The summed E-state index contributed by atoms with van der Waals surface area (Å²) in [7, 11) is 0. The molecule has 5 nitrogen and oxygen atoms in total. The van der Waals surface area contributed by atoms with Crippen LogP contribution in [0.4, 0.5) is 0 Å². The molecule has 0 bridgehead atoms. The average Bonchev–Trinajstić information content (AvgIpc) is 2.73. The quantitative estimate of drug-likeness (QED) is 0.387. The van der Waals surface area contributed by atoms with Crippen molar-refractivity contribution in [1.82, 2.24) is 10.2 Å². The molecule has 0 aliphatic rings. The fourth-order valence-electron chi connectivity index (χ4n) is 3.31. The molecule has 2 rings (SSSR count). The minimum atomic E-state index is -0.666. The monoisotopic (exact) mass is 556 g/mol. The molecule has 0 saturated heterocycles. The Morgan fingerprint density at radius 2 is 1.73 bits per heavy atom. The number of benzene rings is 2. The molecule has 1 N–H and O–H groups in total. The minimum absolute atomic E-state index is 0.199. The third kappa shape index (κ3) is 8.20. The molecular formula is C25H31BrCl2N2O3. The minimum Gasteiger partial charge on any atom is -0.483 e. The highest BCUT2D eigenvalue weighted by molar-refractivity contribution is 9.10. The summed E-state index contributed by atoms with van der Waals surface area (Å²) in [4.78, 5) is 27.9. The van der Waals surface area contributed by atoms with E-state index in [1.54, 1.807) is 18.2 Å². The molecule has 0 aliphatic heterocycles. The van der Waals surface area contributed by atoms with E-state index in [0.29, 0.717) is 22.2 Å². The van der Waals surface area contributed by atoms with Crippen molar-refractivity contribution in [2.45, 2.75) is 65.6 Å². The Balaban J connectivity index is 2.28. The van der Waals surface area contributed by atoms with Gasteiger partial charge in [-0.05, 0) is 84.9 Å². The summed E-state index contributed by atoms with van der Waals surface area (Å²) in [5.74, 6) is 0.0533. The van der Waals surface area contributed by atoms with Crippen molar-refractivity contribution < 1.29 is 14.3 Å². The Bertz CT molecular complexity index is 992. The summed E-state index contributed by atoms with van der Waals surface area (Å²) in [5.41, 5.74) is 1.51. The molecule has 180 valence electrons. The van der Waals surface area contributed by atoms with Gasteiger partial charge in [0.1, 0.15) is 11.8 Å². The van der Waals surface area contributed by atoms with Gasteiger partial charge in [0, 0.05) is 12.1 Å². The normalized spacial score (nSPS) is 12.2. The lowest BCUT2D eigenvalue weighted by atomic mass is 10.1. The third-order valence-corrected chi connectivity index (χ3v) is 6.34. The van der Waals surface area contributed by atoms with E-state index in [1.807, 2.05) is 45.9 Å². The second-order valence-corrected chi connectivity index (χ2v) is 10.5. The van der Waals surface area contributed by atoms with Gasteiger partial charge in [0.05, 0.1) is 14.5 Å². The highest BCUT2D eigenvalue weighted by Gasteiger charge is 2.31. The lowest BCUT2D eigenvalue weighted by molar-refractivity contribution is -0.143. The van der Waals surface area contributed by atoms with Crippen molar-refractivity contribution in [1.29, 1.82) is 0 Å². The first-order valence-corrected chi connectivity index (χ1v) is 12.5. The number of hydrogen-bond acceptors (Lipinski definition) is 3. The Hall–Kier alpha value is -1.76. The number of carbonyl (C=O) groups excluding carboxylic acids is 2. The molecule has 2 amide bonds. The van der Waals surface area contributed by atoms with Crippen molar-refractivity contribution >= 4 is 50.9 Å². The molecule has 8 heteroatoms. The number of rotatable bonds is 9. The van der Waals surface area contributed by atoms with Crippen LogP contribution in [0.1, 0.15) is 52.2 Å². The van der Waals surface area contributed by atoms with E-state index >= 15 is 0 Å². The zero-order valence-electron chi connectivity index (χ0n) is 19.7. The number of carbonyl (C=O) groups is 2. The standard InChI is InChI=1S/C25H31BrCl2N2O3/c1-6-16-9-11-22(18(26)12-16)33-15-23(31)30(14-17-8-10-19(27)20(28)13-17)21(7-2)24(32)29-25(3,4)5/h8-13,21H,6-7,14-15H2,1-5H3,(H,29,32)/t21-/m1/s1. The predicted molar refractivity (Wildman–Crippen MR) is 138 cm³/mol. The van der Waals surface area contributed by atoms with Gasteiger partial charge in [-0.25, -0.2) is 0 Å². The zero-order valence-corrected chi connectivity index (χ0v) is 22.8. The van der Waals surface area contributed by atoms with Gasteiger partial charge in [-0.1, -0.05) is 49.2 Å². The number of halogens is 3. The molecule has 0 aromatic heterocycles. The first-order chi connectivity index (χ1) is 15.4. The van der Waals surface area contributed by atoms with Crippen LogP contribution in [-0.2, 0) is 22.6 Å². The highest BCUT2D eigenvalue weighted by atomic mass is 79.9. The van der Waals surface area contributed by atoms with Gasteiger partial charge in [0.2, 0.25) is 5.91 Å². The Morgan fingerprint density at radius 3 is 2.27 bits per heavy atom. The van der Waals surface area contributed by atoms with Crippen molar-refractivity contribution in [3.05, 3.63) is 62.0 Å². The fourth-order valence-corrected chi connectivity index (χ4v) is 4.17. The number of aryl methyl sites for hydroxylation is 1. The van der Waals surface area contributed by atoms with E-state index in [1.165, 1.54) is 4.90 Å². The molecule has 0 saturated carbocycles. The molecule has 0 unspecified atom stereocenters. The smallest absolute Gasteiger partial charge is 0.261 e. The zero-order chi connectivity index (χ0) is 24.8. The summed E-state index contributed by atoms with van der Waals surface area (Å²) >= 11 is 15.7. The molecule has 0 spiro atoms. The van der Waals surface area contributed by atoms with Gasteiger partial charge in [-0.3, -0.25) is 9.59 Å². The molecule has 0 fully saturated rings. The van der Waals surface area contributed by atoms with Crippen molar-refractivity contribution in [3.63, 3.8) is 0 Å². The van der Waals surface area contributed by atoms with Gasteiger partial charge in [-0.2, -0.15) is 0 Å². The summed E-state index contributed by atoms with van der Waals surface area (Å²) in [6.07, 6.45) is 1.35. The van der Waals surface area contributed by atoms with Crippen LogP contribution in [0.5, 0.6) is 5.75 Å². The van der Waals surface area contributed by atoms with Gasteiger partial charge in [-0.15, -0.1) is 0 Å². The average molecular weight is 558 g/mol. The Kier molecular flexibility index (Phi) is 10.1. The van der Waals surface area contributed by atoms with E-state index in [-0.39, 0.29) is 25.0 Å². The van der Waals surface area contributed by atoms with Crippen molar-refractivity contribution in [3.8, 4) is 5.75 Å². The van der Waals surface area contributed by atoms with Gasteiger partial charge in [0.25, 0.3) is 5.91 Å². The topological polar surface area (TPSA) is 58.6 Å². The maximum absolute atomic E-state index is 13.3. The molecule has 2 aromatic carbocycles. The second-order valence-electron chi connectivity index (χ2n) is 8.84. The molecule has 0 radical (unpaired) electrons. The maximum atomic E-state index is 13.3. The number of ether oxygens (including phenoxy) is 1. The van der Waals surface area contributed by atoms with Crippen LogP contribution in [-0.4, -0.2) is 34.9 Å². The fraction of sp³-hybridized carbons (Fsp3) is 0.440.